The lowest BCUT2D eigenvalue weighted by Gasteiger charge is -2.32. The topological polar surface area (TPSA) is 55.8 Å². The van der Waals surface area contributed by atoms with Gasteiger partial charge in [0, 0.05) is 24.7 Å². The van der Waals surface area contributed by atoms with Crippen molar-refractivity contribution < 1.29 is 19.1 Å². The summed E-state index contributed by atoms with van der Waals surface area (Å²) in [4.78, 5) is 28.5. The third kappa shape index (κ3) is 5.46. The predicted octanol–water partition coefficient (Wildman–Crippen LogP) is 6.10. The molecule has 0 saturated carbocycles. The lowest BCUT2D eigenvalue weighted by atomic mass is 10.2. The molecule has 5 nitrogen and oxygen atoms in total. The van der Waals surface area contributed by atoms with E-state index in [0.29, 0.717) is 24.4 Å². The van der Waals surface area contributed by atoms with Crippen LogP contribution in [-0.4, -0.2) is 29.9 Å². The van der Waals surface area contributed by atoms with Gasteiger partial charge in [0.1, 0.15) is 34.5 Å². The summed E-state index contributed by atoms with van der Waals surface area (Å²) < 4.78 is 10.7. The van der Waals surface area contributed by atoms with E-state index in [2.05, 4.69) is 72.8 Å². The van der Waals surface area contributed by atoms with Crippen molar-refractivity contribution in [3.63, 3.8) is 0 Å². The fraction of sp³-hybridized carbons (Fsp3) is 0.212. The van der Waals surface area contributed by atoms with Crippen LogP contribution in [0.2, 0.25) is 0 Å². The minimum absolute atomic E-state index is 0.0781. The molecule has 4 aromatic carbocycles. The Kier molecular flexibility index (Phi) is 7.54. The van der Waals surface area contributed by atoms with Crippen LogP contribution in [0.4, 0.5) is 10.5 Å². The van der Waals surface area contributed by atoms with Crippen molar-refractivity contribution in [1.82, 2.24) is 0 Å². The number of hydrogen-bond donors (Lipinski definition) is 0. The van der Waals surface area contributed by atoms with Gasteiger partial charge in [-0.05, 0) is 69.3 Å². The number of nitrogens with zero attached hydrogens (tertiary/aromatic N) is 1. The average molecular weight is 539 g/mol. The largest absolute Gasteiger partial charge is 0.514 e. The zero-order chi connectivity index (χ0) is 27.5. The van der Waals surface area contributed by atoms with E-state index in [1.807, 2.05) is 29.2 Å². The summed E-state index contributed by atoms with van der Waals surface area (Å²) >= 11 is 0. The molecule has 5 rings (SSSR count). The van der Waals surface area contributed by atoms with Crippen LogP contribution in [0, 0.1) is 0 Å². The second-order valence-corrected chi connectivity index (χ2v) is 14.2. The maximum Gasteiger partial charge on any atom is 0.514 e. The van der Waals surface area contributed by atoms with Gasteiger partial charge in [-0.3, -0.25) is 4.79 Å². The number of ether oxygens (including phenoxy) is 2. The van der Waals surface area contributed by atoms with Gasteiger partial charge in [0.2, 0.25) is 0 Å². The van der Waals surface area contributed by atoms with Crippen molar-refractivity contribution in [1.29, 1.82) is 0 Å². The van der Waals surface area contributed by atoms with Crippen LogP contribution in [0.3, 0.4) is 0 Å². The van der Waals surface area contributed by atoms with Crippen molar-refractivity contribution >= 4 is 40.9 Å². The highest BCUT2D eigenvalue weighted by Gasteiger charge is 2.58. The number of carbonyl (C=O) groups is 2. The first-order valence-electron chi connectivity index (χ1n) is 13.2. The molecule has 4 aromatic rings. The third-order valence-corrected chi connectivity index (χ3v) is 11.6. The summed E-state index contributed by atoms with van der Waals surface area (Å²) in [6, 6.07) is 38.5. The van der Waals surface area contributed by atoms with Gasteiger partial charge in [-0.2, -0.15) is 0 Å². The standard InChI is InChI=1S/C33H33NO4P/c1-33(2,3)38-32(36)37-26-15-13-14-25(24-26)34-23-22-30(31(34)35)39(27-16-7-4-8-17-27,28-18-9-5-10-19-28)29-20-11-6-12-21-29/h4-21,24,30H,22-23H2,1-3H3/q+1. The van der Waals surface area contributed by atoms with Crippen molar-refractivity contribution in [2.24, 2.45) is 0 Å². The molecule has 1 amide bonds. The monoisotopic (exact) mass is 538 g/mol. The van der Waals surface area contributed by atoms with Crippen molar-refractivity contribution in [3.05, 3.63) is 115 Å². The van der Waals surface area contributed by atoms with E-state index >= 15 is 0 Å². The number of benzene rings is 4. The Bertz CT molecular complexity index is 1340. The number of hydrogen-bond acceptors (Lipinski definition) is 4. The van der Waals surface area contributed by atoms with Gasteiger partial charge in [0.25, 0.3) is 5.91 Å². The number of anilines is 1. The second kappa shape index (κ2) is 11.0. The molecule has 198 valence electrons. The van der Waals surface area contributed by atoms with E-state index in [-0.39, 0.29) is 11.6 Å². The predicted molar refractivity (Wildman–Crippen MR) is 159 cm³/mol. The SMILES string of the molecule is CC(C)(C)OC(=O)Oc1cccc(N2CCC([P+](c3ccccc3)(c3ccccc3)c3ccccc3)C2=O)c1. The highest BCUT2D eigenvalue weighted by atomic mass is 31.2. The summed E-state index contributed by atoms with van der Waals surface area (Å²) in [6.45, 7) is 5.94. The third-order valence-electron chi connectivity index (χ3n) is 6.86. The van der Waals surface area contributed by atoms with Gasteiger partial charge in [-0.15, -0.1) is 0 Å². The molecule has 1 aliphatic rings. The first-order chi connectivity index (χ1) is 18.8. The van der Waals surface area contributed by atoms with E-state index in [4.69, 9.17) is 9.47 Å². The minimum Gasteiger partial charge on any atom is -0.428 e. The summed E-state index contributed by atoms with van der Waals surface area (Å²) in [7, 11) is -2.37. The van der Waals surface area contributed by atoms with Crippen LogP contribution < -0.4 is 25.6 Å². The molecule has 1 unspecified atom stereocenters. The van der Waals surface area contributed by atoms with Crippen molar-refractivity contribution in [3.8, 4) is 5.75 Å². The van der Waals surface area contributed by atoms with E-state index in [1.165, 1.54) is 15.9 Å². The van der Waals surface area contributed by atoms with Crippen LogP contribution >= 0.6 is 7.26 Å². The maximum atomic E-state index is 14.4. The molecule has 0 aliphatic carbocycles. The first kappa shape index (κ1) is 26.6. The molecule has 1 heterocycles. The molecular formula is C33H33NO4P+. The van der Waals surface area contributed by atoms with Gasteiger partial charge in [-0.25, -0.2) is 4.79 Å². The maximum absolute atomic E-state index is 14.4. The quantitative estimate of drug-likeness (QED) is 0.169. The Morgan fingerprint density at radius 2 is 1.28 bits per heavy atom. The van der Waals surface area contributed by atoms with Gasteiger partial charge in [0.05, 0.1) is 0 Å². The van der Waals surface area contributed by atoms with Crippen LogP contribution in [0.5, 0.6) is 5.75 Å². The molecule has 1 aliphatic heterocycles. The molecule has 39 heavy (non-hydrogen) atoms. The van der Waals surface area contributed by atoms with E-state index in [1.54, 1.807) is 39.0 Å². The number of rotatable bonds is 6. The van der Waals surface area contributed by atoms with Gasteiger partial charge in [0.15, 0.2) is 5.66 Å². The highest BCUT2D eigenvalue weighted by Crippen LogP contribution is 2.62. The lowest BCUT2D eigenvalue weighted by molar-refractivity contribution is -0.116. The molecule has 1 saturated heterocycles. The zero-order valence-corrected chi connectivity index (χ0v) is 23.4. The molecule has 0 radical (unpaired) electrons. The van der Waals surface area contributed by atoms with Gasteiger partial charge < -0.3 is 14.4 Å². The zero-order valence-electron chi connectivity index (χ0n) is 22.5. The Morgan fingerprint density at radius 3 is 1.77 bits per heavy atom. The highest BCUT2D eigenvalue weighted by molar-refractivity contribution is 7.97. The van der Waals surface area contributed by atoms with Crippen LogP contribution in [0.1, 0.15) is 27.2 Å². The first-order valence-corrected chi connectivity index (χ1v) is 15.0. The van der Waals surface area contributed by atoms with Gasteiger partial charge in [-0.1, -0.05) is 60.7 Å². The Hall–Kier alpha value is -3.95. The molecule has 1 atom stereocenters. The van der Waals surface area contributed by atoms with Crippen molar-refractivity contribution in [2.45, 2.75) is 38.5 Å². The van der Waals surface area contributed by atoms with Gasteiger partial charge >= 0.3 is 6.16 Å². The molecule has 0 bridgehead atoms. The molecule has 0 N–H and O–H groups in total. The van der Waals surface area contributed by atoms with Crippen LogP contribution in [0.25, 0.3) is 0 Å². The minimum atomic E-state index is -2.37. The molecular weight excluding hydrogens is 505 g/mol. The Labute approximate surface area is 230 Å². The molecule has 1 fully saturated rings. The molecule has 0 aromatic heterocycles. The average Bonchev–Trinajstić information content (AvgIpc) is 3.31. The van der Waals surface area contributed by atoms with Crippen LogP contribution in [-0.2, 0) is 9.53 Å². The Balaban J connectivity index is 1.55. The van der Waals surface area contributed by atoms with E-state index in [0.717, 1.165) is 0 Å². The lowest BCUT2D eigenvalue weighted by Crippen LogP contribution is -2.42. The van der Waals surface area contributed by atoms with Crippen molar-refractivity contribution in [2.75, 3.05) is 11.4 Å². The normalized spacial score (nSPS) is 15.7. The molecule has 6 heteroatoms. The van der Waals surface area contributed by atoms with Crippen LogP contribution in [0.15, 0.2) is 115 Å². The summed E-state index contributed by atoms with van der Waals surface area (Å²) in [5.41, 5.74) is -0.192. The smallest absolute Gasteiger partial charge is 0.428 e. The second-order valence-electron chi connectivity index (χ2n) is 10.6. The summed E-state index contributed by atoms with van der Waals surface area (Å²) in [5, 5.41) is 3.55. The fourth-order valence-corrected chi connectivity index (χ4v) is 10.2. The van der Waals surface area contributed by atoms with E-state index < -0.39 is 19.0 Å². The number of amides is 1. The summed E-state index contributed by atoms with van der Waals surface area (Å²) in [5.74, 6) is 0.419. The summed E-state index contributed by atoms with van der Waals surface area (Å²) in [6.07, 6.45) is -0.0601. The van der Waals surface area contributed by atoms with E-state index in [9.17, 15) is 9.59 Å². The Morgan fingerprint density at radius 1 is 0.769 bits per heavy atom. The number of carbonyl (C=O) groups excluding carboxylic acids is 2. The fourth-order valence-electron chi connectivity index (χ4n) is 5.34. The molecule has 0 spiro atoms.